The molecule has 0 bridgehead atoms. The van der Waals surface area contributed by atoms with Gasteiger partial charge in [0.1, 0.15) is 0 Å². The lowest BCUT2D eigenvalue weighted by Gasteiger charge is -2.24. The fourth-order valence-corrected chi connectivity index (χ4v) is 2.24. The molecule has 0 radical (unpaired) electrons. The molecule has 0 aliphatic heterocycles. The van der Waals surface area contributed by atoms with Crippen molar-refractivity contribution in [1.82, 2.24) is 0 Å². The molecule has 1 unspecified atom stereocenters. The van der Waals surface area contributed by atoms with E-state index in [1.807, 2.05) is 0 Å². The molecule has 6 heteroatoms. The summed E-state index contributed by atoms with van der Waals surface area (Å²) < 4.78 is 36.2. The maximum Gasteiger partial charge on any atom is 0.389 e. The lowest BCUT2D eigenvalue weighted by atomic mass is 9.91. The molecule has 0 spiro atoms. The van der Waals surface area contributed by atoms with Gasteiger partial charge in [-0.05, 0) is 31.4 Å². The molecule has 0 fully saturated rings. The molecular formula is C13H15Cl2F3O. The van der Waals surface area contributed by atoms with Crippen molar-refractivity contribution in [2.75, 3.05) is 0 Å². The minimum Gasteiger partial charge on any atom is -0.390 e. The van der Waals surface area contributed by atoms with Gasteiger partial charge in [-0.1, -0.05) is 35.3 Å². The molecule has 19 heavy (non-hydrogen) atoms. The van der Waals surface area contributed by atoms with Crippen LogP contribution in [0.5, 0.6) is 0 Å². The summed E-state index contributed by atoms with van der Waals surface area (Å²) in [5, 5.41) is 10.8. The van der Waals surface area contributed by atoms with Gasteiger partial charge in [-0.2, -0.15) is 13.2 Å². The first-order valence-electron chi connectivity index (χ1n) is 5.83. The first kappa shape index (κ1) is 16.6. The van der Waals surface area contributed by atoms with Gasteiger partial charge < -0.3 is 5.11 Å². The Morgan fingerprint density at radius 3 is 2.37 bits per heavy atom. The Balaban J connectivity index is 2.61. The first-order chi connectivity index (χ1) is 8.61. The van der Waals surface area contributed by atoms with Gasteiger partial charge in [-0.25, -0.2) is 0 Å². The highest BCUT2D eigenvalue weighted by molar-refractivity contribution is 6.42. The van der Waals surface area contributed by atoms with E-state index in [1.54, 1.807) is 18.2 Å². The molecule has 0 heterocycles. The molecule has 1 rings (SSSR count). The van der Waals surface area contributed by atoms with Crippen LogP contribution in [-0.4, -0.2) is 16.9 Å². The molecule has 0 saturated heterocycles. The van der Waals surface area contributed by atoms with E-state index in [4.69, 9.17) is 23.2 Å². The van der Waals surface area contributed by atoms with Crippen molar-refractivity contribution in [3.63, 3.8) is 0 Å². The van der Waals surface area contributed by atoms with Crippen LogP contribution in [0.15, 0.2) is 18.2 Å². The Morgan fingerprint density at radius 1 is 1.16 bits per heavy atom. The smallest absolute Gasteiger partial charge is 0.389 e. The summed E-state index contributed by atoms with van der Waals surface area (Å²) in [6.45, 7) is 1.50. The molecular weight excluding hydrogens is 300 g/mol. The maximum absolute atomic E-state index is 12.1. The Bertz CT molecular complexity index is 430. The molecule has 1 aromatic carbocycles. The summed E-state index contributed by atoms with van der Waals surface area (Å²) in [6.07, 6.45) is -4.98. The standard InChI is InChI=1S/C13H15Cl2F3O/c1-12(19,6-3-7-13(16,17)18)8-9-4-2-5-10(14)11(9)15/h2,4-5,19H,3,6-8H2,1H3. The monoisotopic (exact) mass is 314 g/mol. The molecule has 0 aliphatic carbocycles. The van der Waals surface area contributed by atoms with Crippen LogP contribution >= 0.6 is 23.2 Å². The van der Waals surface area contributed by atoms with Gasteiger partial charge in [0, 0.05) is 12.8 Å². The predicted octanol–water partition coefficient (Wildman–Crippen LogP) is 5.02. The average molecular weight is 315 g/mol. The highest BCUT2D eigenvalue weighted by Gasteiger charge is 2.29. The average Bonchev–Trinajstić information content (AvgIpc) is 2.22. The van der Waals surface area contributed by atoms with Gasteiger partial charge in [0.15, 0.2) is 0 Å². The summed E-state index contributed by atoms with van der Waals surface area (Å²) in [4.78, 5) is 0. The first-order valence-corrected chi connectivity index (χ1v) is 6.58. The van der Waals surface area contributed by atoms with Gasteiger partial charge in [0.2, 0.25) is 0 Å². The van der Waals surface area contributed by atoms with Crippen LogP contribution in [0.4, 0.5) is 13.2 Å². The van der Waals surface area contributed by atoms with Gasteiger partial charge in [0.05, 0.1) is 15.6 Å². The molecule has 1 nitrogen and oxygen atoms in total. The van der Waals surface area contributed by atoms with E-state index < -0.39 is 18.2 Å². The zero-order chi connectivity index (χ0) is 14.7. The molecule has 0 aromatic heterocycles. The van der Waals surface area contributed by atoms with Crippen molar-refractivity contribution in [3.05, 3.63) is 33.8 Å². The molecule has 1 atom stereocenters. The largest absolute Gasteiger partial charge is 0.390 e. The Morgan fingerprint density at radius 2 is 1.79 bits per heavy atom. The quantitative estimate of drug-likeness (QED) is 0.809. The Hall–Kier alpha value is -0.450. The number of hydrogen-bond acceptors (Lipinski definition) is 1. The van der Waals surface area contributed by atoms with Crippen LogP contribution in [0.3, 0.4) is 0 Å². The lowest BCUT2D eigenvalue weighted by Crippen LogP contribution is -2.27. The molecule has 108 valence electrons. The number of alkyl halides is 3. The second-order valence-electron chi connectivity index (χ2n) is 4.86. The summed E-state index contributed by atoms with van der Waals surface area (Å²) >= 11 is 11.8. The zero-order valence-electron chi connectivity index (χ0n) is 10.4. The third-order valence-electron chi connectivity index (χ3n) is 2.78. The second-order valence-corrected chi connectivity index (χ2v) is 5.64. The van der Waals surface area contributed by atoms with Gasteiger partial charge in [-0.15, -0.1) is 0 Å². The fourth-order valence-electron chi connectivity index (χ4n) is 1.85. The number of rotatable bonds is 5. The van der Waals surface area contributed by atoms with Gasteiger partial charge in [-0.3, -0.25) is 0 Å². The van der Waals surface area contributed by atoms with Crippen LogP contribution in [0.25, 0.3) is 0 Å². The lowest BCUT2D eigenvalue weighted by molar-refractivity contribution is -0.137. The minimum atomic E-state index is -4.19. The Labute approximate surface area is 120 Å². The zero-order valence-corrected chi connectivity index (χ0v) is 11.9. The van der Waals surface area contributed by atoms with E-state index in [9.17, 15) is 18.3 Å². The summed E-state index contributed by atoms with van der Waals surface area (Å²) in [6, 6.07) is 5.01. The minimum absolute atomic E-state index is 0.0509. The van der Waals surface area contributed by atoms with Crippen LogP contribution in [0.1, 0.15) is 31.7 Å². The summed E-state index contributed by atoms with van der Waals surface area (Å²) in [5.74, 6) is 0. The fraction of sp³-hybridized carbons (Fsp3) is 0.538. The summed E-state index contributed by atoms with van der Waals surface area (Å²) in [7, 11) is 0. The van der Waals surface area contributed by atoms with Crippen LogP contribution < -0.4 is 0 Å². The number of aliphatic hydroxyl groups is 1. The number of hydrogen-bond donors (Lipinski definition) is 1. The van der Waals surface area contributed by atoms with Crippen LogP contribution in [0.2, 0.25) is 10.0 Å². The van der Waals surface area contributed by atoms with Crippen molar-refractivity contribution in [3.8, 4) is 0 Å². The van der Waals surface area contributed by atoms with E-state index in [0.717, 1.165) is 0 Å². The predicted molar refractivity (Wildman–Crippen MR) is 70.7 cm³/mol. The van der Waals surface area contributed by atoms with Gasteiger partial charge >= 0.3 is 6.18 Å². The van der Waals surface area contributed by atoms with E-state index in [2.05, 4.69) is 0 Å². The third kappa shape index (κ3) is 6.02. The molecule has 0 saturated carbocycles. The molecule has 1 aromatic rings. The van der Waals surface area contributed by atoms with E-state index in [-0.39, 0.29) is 19.3 Å². The highest BCUT2D eigenvalue weighted by Crippen LogP contribution is 2.31. The van der Waals surface area contributed by atoms with E-state index >= 15 is 0 Å². The molecule has 0 amide bonds. The van der Waals surface area contributed by atoms with E-state index in [1.165, 1.54) is 6.92 Å². The van der Waals surface area contributed by atoms with Crippen molar-refractivity contribution in [2.24, 2.45) is 0 Å². The van der Waals surface area contributed by atoms with E-state index in [0.29, 0.717) is 15.6 Å². The maximum atomic E-state index is 12.1. The van der Waals surface area contributed by atoms with Crippen LogP contribution in [0, 0.1) is 0 Å². The van der Waals surface area contributed by atoms with Crippen molar-refractivity contribution >= 4 is 23.2 Å². The molecule has 1 N–H and O–H groups in total. The van der Waals surface area contributed by atoms with Crippen molar-refractivity contribution < 1.29 is 18.3 Å². The highest BCUT2D eigenvalue weighted by atomic mass is 35.5. The number of halogens is 5. The number of benzene rings is 1. The topological polar surface area (TPSA) is 20.2 Å². The summed E-state index contributed by atoms with van der Waals surface area (Å²) in [5.41, 5.74) is -0.606. The van der Waals surface area contributed by atoms with Crippen molar-refractivity contribution in [2.45, 2.75) is 44.4 Å². The second kappa shape index (κ2) is 6.33. The normalized spacial score (nSPS) is 15.3. The third-order valence-corrected chi connectivity index (χ3v) is 3.64. The van der Waals surface area contributed by atoms with Crippen molar-refractivity contribution in [1.29, 1.82) is 0 Å². The van der Waals surface area contributed by atoms with Crippen LogP contribution in [-0.2, 0) is 6.42 Å². The SMILES string of the molecule is CC(O)(CCCC(F)(F)F)Cc1cccc(Cl)c1Cl. The Kier molecular flexibility index (Phi) is 5.53. The van der Waals surface area contributed by atoms with Gasteiger partial charge in [0.25, 0.3) is 0 Å². The molecule has 0 aliphatic rings.